The van der Waals surface area contributed by atoms with Crippen molar-refractivity contribution in [1.29, 1.82) is 0 Å². The van der Waals surface area contributed by atoms with Crippen molar-refractivity contribution in [2.24, 2.45) is 0 Å². The first kappa shape index (κ1) is 13.9. The molecular formula is C8H20MgZn. The topological polar surface area (TPSA) is 0 Å². The van der Waals surface area contributed by atoms with E-state index < -0.39 is 0 Å². The molecule has 0 aliphatic rings. The average molecular weight is 206 g/mol. The van der Waals surface area contributed by atoms with Crippen LogP contribution in [0.1, 0.15) is 27.7 Å². The number of hydrogen-bond donors (Lipinski definition) is 0. The van der Waals surface area contributed by atoms with Gasteiger partial charge in [-0.1, -0.05) is 13.8 Å². The van der Waals surface area contributed by atoms with Gasteiger partial charge in [0, 0.05) is 0 Å². The summed E-state index contributed by atoms with van der Waals surface area (Å²) < 4.78 is 2.97. The Morgan fingerprint density at radius 3 is 1.30 bits per heavy atom. The zero-order valence-corrected chi connectivity index (χ0v) is 12.6. The van der Waals surface area contributed by atoms with Crippen molar-refractivity contribution in [1.82, 2.24) is 0 Å². The maximum absolute atomic E-state index is 2.30. The van der Waals surface area contributed by atoms with Crippen molar-refractivity contribution >= 4 is 20.4 Å². The summed E-state index contributed by atoms with van der Waals surface area (Å²) >= 11 is 0.529. The molecule has 0 heterocycles. The van der Waals surface area contributed by atoms with Gasteiger partial charge < -0.3 is 0 Å². The van der Waals surface area contributed by atoms with Gasteiger partial charge in [0.15, 0.2) is 0 Å². The van der Waals surface area contributed by atoms with Gasteiger partial charge >= 0.3 is 61.4 Å². The zero-order valence-electron chi connectivity index (χ0n) is 8.24. The van der Waals surface area contributed by atoms with E-state index >= 15 is 0 Å². The third-order valence-electron chi connectivity index (χ3n) is 1.41. The van der Waals surface area contributed by atoms with Crippen molar-refractivity contribution in [3.8, 4) is 0 Å². The average Bonchev–Trinajstić information content (AvgIpc) is 1.93. The van der Waals surface area contributed by atoms with Crippen LogP contribution in [0.5, 0.6) is 0 Å². The molecule has 0 aliphatic carbocycles. The quantitative estimate of drug-likeness (QED) is 0.617. The predicted molar refractivity (Wildman–Crippen MR) is 47.7 cm³/mol. The molecule has 0 saturated carbocycles. The molecule has 0 bridgehead atoms. The molecule has 0 atom stereocenters. The second-order valence-corrected chi connectivity index (χ2v) is 11.1. The van der Waals surface area contributed by atoms with Crippen molar-refractivity contribution in [3.05, 3.63) is 0 Å². The normalized spacial score (nSPS) is 6.80. The van der Waals surface area contributed by atoms with E-state index in [1.54, 1.807) is 0 Å². The van der Waals surface area contributed by atoms with Crippen LogP contribution in [0.2, 0.25) is 19.1 Å². The van der Waals surface area contributed by atoms with E-state index in [0.29, 0.717) is 20.4 Å². The molecular weight excluding hydrogens is 186 g/mol. The predicted octanol–water partition coefficient (Wildman–Crippen LogP) is 3.51. The van der Waals surface area contributed by atoms with Crippen LogP contribution in [-0.4, -0.2) is 20.4 Å². The molecule has 0 saturated heterocycles. The summed E-state index contributed by atoms with van der Waals surface area (Å²) in [6.45, 7) is 9.14. The third kappa shape index (κ3) is 22.8. The van der Waals surface area contributed by atoms with Gasteiger partial charge in [0.2, 0.25) is 0 Å². The first-order valence-corrected chi connectivity index (χ1v) is 11.0. The van der Waals surface area contributed by atoms with Crippen LogP contribution in [0.25, 0.3) is 0 Å². The SMILES string of the molecule is C[CH2][Mg][CH2]C.C[CH2][Zn][CH2]C. The summed E-state index contributed by atoms with van der Waals surface area (Å²) in [4.78, 5) is 0. The molecule has 56 valence electrons. The minimum absolute atomic E-state index is 0.0972. The number of hydrogen-bond acceptors (Lipinski definition) is 0. The molecule has 10 heavy (non-hydrogen) atoms. The molecule has 0 N–H and O–H groups in total. The van der Waals surface area contributed by atoms with Gasteiger partial charge in [-0.05, 0) is 0 Å². The molecule has 2 heteroatoms. The van der Waals surface area contributed by atoms with Crippen molar-refractivity contribution in [2.45, 2.75) is 46.8 Å². The summed E-state index contributed by atoms with van der Waals surface area (Å²) in [7, 11) is 0. The van der Waals surface area contributed by atoms with Gasteiger partial charge in [-0.15, -0.1) is 9.10 Å². The van der Waals surface area contributed by atoms with Crippen LogP contribution < -0.4 is 0 Å². The molecule has 0 rings (SSSR count). The van der Waals surface area contributed by atoms with Gasteiger partial charge in [0.05, 0.1) is 0 Å². The summed E-state index contributed by atoms with van der Waals surface area (Å²) in [6.07, 6.45) is 0. The summed E-state index contributed by atoms with van der Waals surface area (Å²) in [5.74, 6) is 0. The monoisotopic (exact) mass is 204 g/mol. The molecule has 0 aromatic carbocycles. The van der Waals surface area contributed by atoms with Gasteiger partial charge in [-0.2, -0.15) is 0 Å². The minimum atomic E-state index is 0.0972. The van der Waals surface area contributed by atoms with Crippen LogP contribution in [0.4, 0.5) is 0 Å². The van der Waals surface area contributed by atoms with Crippen LogP contribution in [0, 0.1) is 0 Å². The van der Waals surface area contributed by atoms with E-state index in [9.17, 15) is 0 Å². The van der Waals surface area contributed by atoms with E-state index in [0.717, 1.165) is 0 Å². The van der Waals surface area contributed by atoms with Gasteiger partial charge in [0.1, 0.15) is 0 Å². The third-order valence-corrected chi connectivity index (χ3v) is 5.80. The molecule has 0 amide bonds. The Labute approximate surface area is 83.9 Å². The second-order valence-electron chi connectivity index (χ2n) is 2.71. The Kier molecular flexibility index (Phi) is 23.4. The van der Waals surface area contributed by atoms with E-state index in [4.69, 9.17) is 0 Å². The van der Waals surface area contributed by atoms with Gasteiger partial charge in [0.25, 0.3) is 0 Å². The molecule has 0 aliphatic heterocycles. The standard InChI is InChI=1S/4C2H5.Mg.Zn/c4*1-2;;/h4*1H2,2H3;;. The molecule has 0 aromatic heterocycles. The van der Waals surface area contributed by atoms with Gasteiger partial charge in [-0.3, -0.25) is 0 Å². The first-order chi connectivity index (χ1) is 4.83. The Morgan fingerprint density at radius 1 is 0.900 bits per heavy atom. The van der Waals surface area contributed by atoms with E-state index in [1.165, 1.54) is 19.1 Å². The van der Waals surface area contributed by atoms with Crippen molar-refractivity contribution < 1.29 is 17.1 Å². The second kappa shape index (κ2) is 16.8. The Balaban J connectivity index is 0. The van der Waals surface area contributed by atoms with Crippen LogP contribution >= 0.6 is 0 Å². The van der Waals surface area contributed by atoms with E-state index in [1.807, 2.05) is 0 Å². The zero-order chi connectivity index (χ0) is 8.24. The molecule has 0 nitrogen and oxygen atoms in total. The molecule has 0 spiro atoms. The fourth-order valence-corrected chi connectivity index (χ4v) is 2.90. The fraction of sp³-hybridized carbons (Fsp3) is 1.00. The molecule has 0 fully saturated rings. The Bertz CT molecular complexity index is 30.2. The number of rotatable bonds is 4. The molecule has 0 radical (unpaired) electrons. The van der Waals surface area contributed by atoms with E-state index in [2.05, 4.69) is 27.7 Å². The van der Waals surface area contributed by atoms with Crippen LogP contribution in [0.3, 0.4) is 0 Å². The first-order valence-electron chi connectivity index (χ1n) is 4.83. The fourth-order valence-electron chi connectivity index (χ4n) is 0.707. The summed E-state index contributed by atoms with van der Waals surface area (Å²) in [5.41, 5.74) is 0. The molecule has 0 unspecified atom stereocenters. The van der Waals surface area contributed by atoms with Crippen LogP contribution in [0.15, 0.2) is 0 Å². The molecule has 0 aromatic rings. The Morgan fingerprint density at radius 2 is 1.30 bits per heavy atom. The van der Waals surface area contributed by atoms with E-state index in [-0.39, 0.29) is 17.1 Å². The van der Waals surface area contributed by atoms with Crippen molar-refractivity contribution in [3.63, 3.8) is 0 Å². The summed E-state index contributed by atoms with van der Waals surface area (Å²) in [6, 6.07) is 0. The van der Waals surface area contributed by atoms with Crippen molar-refractivity contribution in [2.75, 3.05) is 0 Å². The van der Waals surface area contributed by atoms with Crippen LogP contribution in [-0.2, 0) is 17.1 Å². The Hall–Kier alpha value is 1.39. The maximum atomic E-state index is 2.30. The van der Waals surface area contributed by atoms with Gasteiger partial charge in [-0.25, -0.2) is 0 Å². The summed E-state index contributed by atoms with van der Waals surface area (Å²) in [5, 5.41) is 3.06.